The van der Waals surface area contributed by atoms with Crippen LogP contribution in [0.3, 0.4) is 0 Å². The van der Waals surface area contributed by atoms with Gasteiger partial charge in [-0.3, -0.25) is 9.78 Å². The van der Waals surface area contributed by atoms with Crippen LogP contribution in [-0.2, 0) is 9.53 Å². The van der Waals surface area contributed by atoms with Crippen LogP contribution in [0.5, 0.6) is 0 Å². The van der Waals surface area contributed by atoms with Gasteiger partial charge in [-0.25, -0.2) is 4.79 Å². The zero-order valence-electron chi connectivity index (χ0n) is 14.3. The van der Waals surface area contributed by atoms with Crippen LogP contribution >= 0.6 is 0 Å². The number of pyridine rings is 1. The van der Waals surface area contributed by atoms with Crippen LogP contribution in [0.25, 0.3) is 0 Å². The van der Waals surface area contributed by atoms with Crippen molar-refractivity contribution in [1.82, 2.24) is 9.88 Å². The van der Waals surface area contributed by atoms with Gasteiger partial charge < -0.3 is 15.0 Å². The van der Waals surface area contributed by atoms with Crippen LogP contribution in [-0.4, -0.2) is 40.6 Å². The van der Waals surface area contributed by atoms with Crippen LogP contribution in [0.15, 0.2) is 24.5 Å². The minimum absolute atomic E-state index is 0.0330. The van der Waals surface area contributed by atoms with Crippen molar-refractivity contribution in [1.29, 1.82) is 0 Å². The molecule has 1 N–H and O–H groups in total. The fourth-order valence-electron chi connectivity index (χ4n) is 2.46. The van der Waals surface area contributed by atoms with E-state index in [-0.39, 0.29) is 12.0 Å². The highest BCUT2D eigenvalue weighted by Crippen LogP contribution is 2.32. The number of aromatic nitrogens is 1. The summed E-state index contributed by atoms with van der Waals surface area (Å²) in [7, 11) is 0. The van der Waals surface area contributed by atoms with E-state index in [1.165, 1.54) is 0 Å². The van der Waals surface area contributed by atoms with E-state index >= 15 is 0 Å². The number of carbonyl (C=O) groups excluding carboxylic acids is 2. The minimum Gasteiger partial charge on any atom is -0.444 e. The van der Waals surface area contributed by atoms with E-state index in [9.17, 15) is 9.59 Å². The Kier molecular flexibility index (Phi) is 4.92. The largest absolute Gasteiger partial charge is 0.444 e. The van der Waals surface area contributed by atoms with Gasteiger partial charge in [0.2, 0.25) is 5.91 Å². The van der Waals surface area contributed by atoms with Gasteiger partial charge in [0.15, 0.2) is 0 Å². The molecule has 0 aliphatic carbocycles. The van der Waals surface area contributed by atoms with Crippen LogP contribution < -0.4 is 5.32 Å². The van der Waals surface area contributed by atoms with Crippen molar-refractivity contribution in [3.8, 4) is 0 Å². The first kappa shape index (κ1) is 17.2. The lowest BCUT2D eigenvalue weighted by atomic mass is 9.79. The lowest BCUT2D eigenvalue weighted by molar-refractivity contribution is -0.127. The summed E-state index contributed by atoms with van der Waals surface area (Å²) in [6.45, 7) is 8.52. The Bertz CT molecular complexity index is 558. The number of amides is 2. The number of ether oxygens (including phenoxy) is 1. The molecule has 1 fully saturated rings. The molecule has 1 aromatic rings. The van der Waals surface area contributed by atoms with Gasteiger partial charge >= 0.3 is 6.09 Å². The predicted octanol–water partition coefficient (Wildman–Crippen LogP) is 3.06. The maximum atomic E-state index is 12.5. The van der Waals surface area contributed by atoms with Crippen molar-refractivity contribution < 1.29 is 14.3 Å². The fourth-order valence-corrected chi connectivity index (χ4v) is 2.46. The summed E-state index contributed by atoms with van der Waals surface area (Å²) in [5.41, 5.74) is -0.308. The van der Waals surface area contributed by atoms with Gasteiger partial charge in [0.1, 0.15) is 5.60 Å². The molecule has 2 amide bonds. The number of carbonyl (C=O) groups is 2. The van der Waals surface area contributed by atoms with Crippen molar-refractivity contribution in [2.24, 2.45) is 5.41 Å². The number of piperidine rings is 1. The van der Waals surface area contributed by atoms with Crippen LogP contribution in [0.2, 0.25) is 0 Å². The zero-order chi connectivity index (χ0) is 17.1. The summed E-state index contributed by atoms with van der Waals surface area (Å²) >= 11 is 0. The molecule has 1 aliphatic rings. The topological polar surface area (TPSA) is 71.5 Å². The first-order valence-corrected chi connectivity index (χ1v) is 7.89. The van der Waals surface area contributed by atoms with Crippen molar-refractivity contribution >= 4 is 17.7 Å². The van der Waals surface area contributed by atoms with E-state index in [1.54, 1.807) is 23.4 Å². The Labute approximate surface area is 137 Å². The third-order valence-electron chi connectivity index (χ3n) is 3.99. The van der Waals surface area contributed by atoms with Gasteiger partial charge in [-0.05, 0) is 45.7 Å². The van der Waals surface area contributed by atoms with Gasteiger partial charge in [-0.1, -0.05) is 6.92 Å². The number of nitrogens with one attached hydrogen (secondary N) is 1. The normalized spacial score (nSPS) is 17.5. The molecule has 2 heterocycles. The molecule has 6 heteroatoms. The summed E-state index contributed by atoms with van der Waals surface area (Å²) in [5.74, 6) is -0.0330. The molecule has 0 saturated carbocycles. The highest BCUT2D eigenvalue weighted by atomic mass is 16.6. The van der Waals surface area contributed by atoms with Crippen LogP contribution in [0.4, 0.5) is 10.5 Å². The molecule has 23 heavy (non-hydrogen) atoms. The maximum Gasteiger partial charge on any atom is 0.410 e. The number of rotatable bonds is 2. The van der Waals surface area contributed by atoms with E-state index < -0.39 is 11.0 Å². The summed E-state index contributed by atoms with van der Waals surface area (Å²) in [6.07, 6.45) is 4.19. The summed E-state index contributed by atoms with van der Waals surface area (Å²) in [5, 5.41) is 2.90. The molecule has 126 valence electrons. The van der Waals surface area contributed by atoms with Gasteiger partial charge in [0, 0.05) is 19.3 Å². The van der Waals surface area contributed by atoms with E-state index in [4.69, 9.17) is 4.74 Å². The Morgan fingerprint density at radius 1 is 1.30 bits per heavy atom. The van der Waals surface area contributed by atoms with Gasteiger partial charge in [-0.2, -0.15) is 0 Å². The average Bonchev–Trinajstić information content (AvgIpc) is 2.47. The molecule has 2 rings (SSSR count). The molecule has 0 atom stereocenters. The number of anilines is 1. The highest BCUT2D eigenvalue weighted by Gasteiger charge is 2.39. The van der Waals surface area contributed by atoms with Gasteiger partial charge in [-0.15, -0.1) is 0 Å². The molecule has 0 unspecified atom stereocenters. The smallest absolute Gasteiger partial charge is 0.410 e. The average molecular weight is 319 g/mol. The highest BCUT2D eigenvalue weighted by molar-refractivity contribution is 5.95. The number of likely N-dealkylation sites (tertiary alicyclic amines) is 1. The molecule has 1 saturated heterocycles. The molecule has 1 aliphatic heterocycles. The summed E-state index contributed by atoms with van der Waals surface area (Å²) < 4.78 is 5.38. The number of nitrogens with zero attached hydrogens (tertiary/aromatic N) is 2. The lowest BCUT2D eigenvalue weighted by Crippen LogP contribution is -2.48. The fraction of sp³-hybridized carbons (Fsp3) is 0.588. The first-order valence-electron chi connectivity index (χ1n) is 7.89. The van der Waals surface area contributed by atoms with E-state index in [1.807, 2.05) is 33.8 Å². The monoisotopic (exact) mass is 319 g/mol. The van der Waals surface area contributed by atoms with E-state index in [0.717, 1.165) is 0 Å². The van der Waals surface area contributed by atoms with Crippen molar-refractivity contribution in [3.05, 3.63) is 24.5 Å². The van der Waals surface area contributed by atoms with E-state index in [2.05, 4.69) is 10.3 Å². The first-order chi connectivity index (χ1) is 10.7. The standard InChI is InChI=1S/C17H25N3O3/c1-16(2,3)23-15(22)20-10-7-17(4,8-11-20)14(21)19-13-6-5-9-18-12-13/h5-6,9,12H,7-8,10-11H2,1-4H3,(H,19,21). The number of hydrogen-bond acceptors (Lipinski definition) is 4. The molecule has 6 nitrogen and oxygen atoms in total. The Balaban J connectivity index is 1.91. The second kappa shape index (κ2) is 6.56. The Morgan fingerprint density at radius 2 is 1.96 bits per heavy atom. The third-order valence-corrected chi connectivity index (χ3v) is 3.99. The lowest BCUT2D eigenvalue weighted by Gasteiger charge is -2.38. The molecular weight excluding hydrogens is 294 g/mol. The molecule has 0 radical (unpaired) electrons. The zero-order valence-corrected chi connectivity index (χ0v) is 14.3. The molecule has 0 bridgehead atoms. The maximum absolute atomic E-state index is 12.5. The Morgan fingerprint density at radius 3 is 2.48 bits per heavy atom. The van der Waals surface area contributed by atoms with Crippen molar-refractivity contribution in [3.63, 3.8) is 0 Å². The van der Waals surface area contributed by atoms with Gasteiger partial charge in [0.25, 0.3) is 0 Å². The number of hydrogen-bond donors (Lipinski definition) is 1. The van der Waals surface area contributed by atoms with Crippen molar-refractivity contribution in [2.45, 2.75) is 46.1 Å². The van der Waals surface area contributed by atoms with Crippen molar-refractivity contribution in [2.75, 3.05) is 18.4 Å². The molecule has 0 aromatic carbocycles. The van der Waals surface area contributed by atoms with Crippen LogP contribution in [0.1, 0.15) is 40.5 Å². The third kappa shape index (κ3) is 4.68. The quantitative estimate of drug-likeness (QED) is 0.909. The minimum atomic E-state index is -0.504. The van der Waals surface area contributed by atoms with Gasteiger partial charge in [0.05, 0.1) is 17.3 Å². The van der Waals surface area contributed by atoms with E-state index in [0.29, 0.717) is 31.6 Å². The van der Waals surface area contributed by atoms with Crippen LogP contribution in [0, 0.1) is 5.41 Å². The predicted molar refractivity (Wildman–Crippen MR) is 88.0 cm³/mol. The molecule has 0 spiro atoms. The SMILES string of the molecule is CC(C)(C)OC(=O)N1CCC(C)(C(=O)Nc2cccnc2)CC1. The molecule has 1 aromatic heterocycles. The Hall–Kier alpha value is -2.11. The second-order valence-electron chi connectivity index (χ2n) is 7.22. The summed E-state index contributed by atoms with van der Waals surface area (Å²) in [6, 6.07) is 3.59. The second-order valence-corrected chi connectivity index (χ2v) is 7.22. The summed E-state index contributed by atoms with van der Waals surface area (Å²) in [4.78, 5) is 30.3. The molecular formula is C17H25N3O3.